The molecule has 0 aliphatic carbocycles. The number of rotatable bonds is 3. The summed E-state index contributed by atoms with van der Waals surface area (Å²) in [6.07, 6.45) is 1.45. The molecule has 0 saturated heterocycles. The summed E-state index contributed by atoms with van der Waals surface area (Å²) in [5.74, 6) is -0.189. The number of benzene rings is 1. The number of furan rings is 1. The number of carbonyl (C=O) groups is 2. The average molecular weight is 259 g/mol. The first-order chi connectivity index (χ1) is 9.11. The number of esters is 1. The van der Waals surface area contributed by atoms with Crippen LogP contribution < -0.4 is 5.32 Å². The van der Waals surface area contributed by atoms with Gasteiger partial charge in [-0.25, -0.2) is 4.79 Å². The van der Waals surface area contributed by atoms with Gasteiger partial charge in [0.1, 0.15) is 5.76 Å². The van der Waals surface area contributed by atoms with Gasteiger partial charge in [0.05, 0.1) is 24.5 Å². The van der Waals surface area contributed by atoms with Crippen LogP contribution in [0.2, 0.25) is 0 Å². The second kappa shape index (κ2) is 5.39. The predicted octanol–water partition coefficient (Wildman–Crippen LogP) is 2.63. The smallest absolute Gasteiger partial charge is 0.337 e. The van der Waals surface area contributed by atoms with Gasteiger partial charge in [0.15, 0.2) is 0 Å². The number of ether oxygens (including phenoxy) is 1. The van der Waals surface area contributed by atoms with Crippen molar-refractivity contribution in [2.24, 2.45) is 0 Å². The molecular weight excluding hydrogens is 246 g/mol. The van der Waals surface area contributed by atoms with Gasteiger partial charge < -0.3 is 14.5 Å². The van der Waals surface area contributed by atoms with Crippen molar-refractivity contribution in [2.45, 2.75) is 6.92 Å². The molecule has 0 unspecified atom stereocenters. The Bertz CT molecular complexity index is 615. The molecule has 0 aliphatic heterocycles. The molecule has 0 saturated carbocycles. The molecule has 2 rings (SSSR count). The van der Waals surface area contributed by atoms with E-state index in [2.05, 4.69) is 10.1 Å². The lowest BCUT2D eigenvalue weighted by Gasteiger charge is -2.06. The molecule has 98 valence electrons. The van der Waals surface area contributed by atoms with Gasteiger partial charge >= 0.3 is 5.97 Å². The molecule has 0 atom stereocenters. The molecule has 0 radical (unpaired) electrons. The zero-order valence-corrected chi connectivity index (χ0v) is 10.6. The number of nitrogens with one attached hydrogen (secondary N) is 1. The van der Waals surface area contributed by atoms with E-state index in [0.29, 0.717) is 22.6 Å². The monoisotopic (exact) mass is 259 g/mol. The number of aryl methyl sites for hydroxylation is 1. The molecule has 1 aromatic heterocycles. The molecule has 0 bridgehead atoms. The van der Waals surface area contributed by atoms with Crippen molar-refractivity contribution in [3.63, 3.8) is 0 Å². The molecule has 0 fully saturated rings. The van der Waals surface area contributed by atoms with E-state index in [1.807, 2.05) is 0 Å². The molecule has 1 N–H and O–H groups in total. The molecule has 5 heteroatoms. The highest BCUT2D eigenvalue weighted by atomic mass is 16.5. The highest BCUT2D eigenvalue weighted by Gasteiger charge is 2.12. The Morgan fingerprint density at radius 2 is 2.05 bits per heavy atom. The maximum Gasteiger partial charge on any atom is 0.337 e. The van der Waals surface area contributed by atoms with Crippen LogP contribution in [0.1, 0.15) is 26.5 Å². The van der Waals surface area contributed by atoms with Gasteiger partial charge in [-0.1, -0.05) is 6.07 Å². The first kappa shape index (κ1) is 12.9. The summed E-state index contributed by atoms with van der Waals surface area (Å²) >= 11 is 0. The summed E-state index contributed by atoms with van der Waals surface area (Å²) in [6.45, 7) is 1.71. The minimum Gasteiger partial charge on any atom is -0.469 e. The molecule has 1 aromatic carbocycles. The van der Waals surface area contributed by atoms with Crippen LogP contribution in [0.3, 0.4) is 0 Å². The van der Waals surface area contributed by atoms with Crippen molar-refractivity contribution in [2.75, 3.05) is 12.4 Å². The second-order valence-corrected chi connectivity index (χ2v) is 3.92. The van der Waals surface area contributed by atoms with Gasteiger partial charge in [-0.05, 0) is 31.2 Å². The van der Waals surface area contributed by atoms with E-state index in [-0.39, 0.29) is 5.91 Å². The number of anilines is 1. The Kier molecular flexibility index (Phi) is 3.66. The molecule has 1 heterocycles. The fourth-order valence-corrected chi connectivity index (χ4v) is 1.66. The first-order valence-electron chi connectivity index (χ1n) is 5.65. The summed E-state index contributed by atoms with van der Waals surface area (Å²) in [6, 6.07) is 8.13. The first-order valence-corrected chi connectivity index (χ1v) is 5.65. The van der Waals surface area contributed by atoms with E-state index in [4.69, 9.17) is 4.42 Å². The van der Waals surface area contributed by atoms with E-state index in [1.54, 1.807) is 37.3 Å². The lowest BCUT2D eigenvalue weighted by atomic mass is 10.2. The normalized spacial score (nSPS) is 10.0. The number of methoxy groups -OCH3 is 1. The standard InChI is InChI=1S/C14H13NO4/c1-9-12(6-7-19-9)13(16)15-11-5-3-4-10(8-11)14(17)18-2/h3-8H,1-2H3,(H,15,16). The van der Waals surface area contributed by atoms with Crippen molar-refractivity contribution in [3.05, 3.63) is 53.5 Å². The lowest BCUT2D eigenvalue weighted by molar-refractivity contribution is 0.0600. The zero-order valence-electron chi connectivity index (χ0n) is 10.6. The number of hydrogen-bond donors (Lipinski definition) is 1. The molecule has 5 nitrogen and oxygen atoms in total. The highest BCUT2D eigenvalue weighted by molar-refractivity contribution is 6.05. The third-order valence-electron chi connectivity index (χ3n) is 2.64. The van der Waals surface area contributed by atoms with Gasteiger partial charge in [0, 0.05) is 5.69 Å². The van der Waals surface area contributed by atoms with Gasteiger partial charge in [-0.2, -0.15) is 0 Å². The van der Waals surface area contributed by atoms with Crippen molar-refractivity contribution in [1.29, 1.82) is 0 Å². The van der Waals surface area contributed by atoms with E-state index in [1.165, 1.54) is 13.4 Å². The summed E-state index contributed by atoms with van der Waals surface area (Å²) in [5.41, 5.74) is 1.36. The van der Waals surface area contributed by atoms with Crippen molar-refractivity contribution in [3.8, 4) is 0 Å². The number of amides is 1. The SMILES string of the molecule is COC(=O)c1cccc(NC(=O)c2ccoc2C)c1. The quantitative estimate of drug-likeness (QED) is 0.860. The van der Waals surface area contributed by atoms with Crippen molar-refractivity contribution < 1.29 is 18.7 Å². The molecular formula is C14H13NO4. The van der Waals surface area contributed by atoms with Crippen LogP contribution in [0.4, 0.5) is 5.69 Å². The second-order valence-electron chi connectivity index (χ2n) is 3.92. The largest absolute Gasteiger partial charge is 0.469 e. The fraction of sp³-hybridized carbons (Fsp3) is 0.143. The predicted molar refractivity (Wildman–Crippen MR) is 69.2 cm³/mol. The van der Waals surface area contributed by atoms with E-state index in [9.17, 15) is 9.59 Å². The molecule has 0 spiro atoms. The summed E-state index contributed by atoms with van der Waals surface area (Å²) in [5, 5.41) is 2.70. The highest BCUT2D eigenvalue weighted by Crippen LogP contribution is 2.15. The van der Waals surface area contributed by atoms with Crippen LogP contribution in [0.25, 0.3) is 0 Å². The average Bonchev–Trinajstić information content (AvgIpc) is 2.84. The minimum atomic E-state index is -0.449. The fourth-order valence-electron chi connectivity index (χ4n) is 1.66. The minimum absolute atomic E-state index is 0.284. The lowest BCUT2D eigenvalue weighted by Crippen LogP contribution is -2.12. The van der Waals surface area contributed by atoms with E-state index >= 15 is 0 Å². The van der Waals surface area contributed by atoms with Crippen LogP contribution in [-0.4, -0.2) is 19.0 Å². The van der Waals surface area contributed by atoms with Crippen molar-refractivity contribution >= 4 is 17.6 Å². The Labute approximate surface area is 110 Å². The Morgan fingerprint density at radius 1 is 1.26 bits per heavy atom. The van der Waals surface area contributed by atoms with Crippen molar-refractivity contribution in [1.82, 2.24) is 0 Å². The molecule has 2 aromatic rings. The third-order valence-corrected chi connectivity index (χ3v) is 2.64. The summed E-state index contributed by atoms with van der Waals surface area (Å²) < 4.78 is 9.69. The molecule has 0 aliphatic rings. The topological polar surface area (TPSA) is 68.5 Å². The van der Waals surface area contributed by atoms with Crippen LogP contribution in [0.15, 0.2) is 41.0 Å². The molecule has 19 heavy (non-hydrogen) atoms. The summed E-state index contributed by atoms with van der Waals surface area (Å²) in [7, 11) is 1.31. The summed E-state index contributed by atoms with van der Waals surface area (Å²) in [4.78, 5) is 23.3. The van der Waals surface area contributed by atoms with Gasteiger partial charge in [-0.3, -0.25) is 4.79 Å². The van der Waals surface area contributed by atoms with Crippen LogP contribution in [0, 0.1) is 6.92 Å². The Morgan fingerprint density at radius 3 is 2.68 bits per heavy atom. The maximum absolute atomic E-state index is 12.0. The van der Waals surface area contributed by atoms with Gasteiger partial charge in [-0.15, -0.1) is 0 Å². The molecule has 1 amide bonds. The van der Waals surface area contributed by atoms with Crippen LogP contribution >= 0.6 is 0 Å². The number of carbonyl (C=O) groups excluding carboxylic acids is 2. The Balaban J connectivity index is 2.18. The van der Waals surface area contributed by atoms with Gasteiger partial charge in [0.2, 0.25) is 0 Å². The number of hydrogen-bond acceptors (Lipinski definition) is 4. The zero-order chi connectivity index (χ0) is 13.8. The maximum atomic E-state index is 12.0. The van der Waals surface area contributed by atoms with Crippen LogP contribution in [0.5, 0.6) is 0 Å². The Hall–Kier alpha value is -2.56. The third kappa shape index (κ3) is 2.82. The van der Waals surface area contributed by atoms with E-state index in [0.717, 1.165) is 0 Å². The van der Waals surface area contributed by atoms with E-state index < -0.39 is 5.97 Å². The van der Waals surface area contributed by atoms with Crippen LogP contribution in [-0.2, 0) is 4.74 Å². The van der Waals surface area contributed by atoms with Gasteiger partial charge in [0.25, 0.3) is 5.91 Å².